The van der Waals surface area contributed by atoms with Crippen molar-refractivity contribution in [3.63, 3.8) is 0 Å². The van der Waals surface area contributed by atoms with Crippen LogP contribution in [0, 0.1) is 0 Å². The SMILES string of the molecule is C/C=C(\C)N(C)C=Nc1c(C=O)sc2nccc(N(C)C)c12.C=C1COCCCO1.CC.CC. The molecule has 1 aliphatic rings. The number of aldehydes is 1. The summed E-state index contributed by atoms with van der Waals surface area (Å²) in [5.74, 6) is 0.752. The van der Waals surface area contributed by atoms with Gasteiger partial charge in [-0.25, -0.2) is 9.98 Å². The molecule has 1 fully saturated rings. The molecule has 0 aromatic carbocycles. The third-order valence-electron chi connectivity index (χ3n) is 4.50. The second-order valence-corrected chi connectivity index (χ2v) is 7.95. The Morgan fingerprint density at radius 1 is 1.21 bits per heavy atom. The summed E-state index contributed by atoms with van der Waals surface area (Å²) in [6.45, 7) is 17.7. The highest BCUT2D eigenvalue weighted by molar-refractivity contribution is 7.21. The number of carbonyl (C=O) groups excluding carboxylic acids is 1. The molecule has 0 atom stereocenters. The molecule has 3 rings (SSSR count). The highest BCUT2D eigenvalue weighted by Crippen LogP contribution is 2.40. The molecule has 3 heterocycles. The van der Waals surface area contributed by atoms with Gasteiger partial charge in [0.2, 0.25) is 0 Å². The van der Waals surface area contributed by atoms with Crippen LogP contribution in [0.1, 0.15) is 57.6 Å². The Morgan fingerprint density at radius 3 is 2.47 bits per heavy atom. The van der Waals surface area contributed by atoms with Gasteiger partial charge < -0.3 is 19.3 Å². The van der Waals surface area contributed by atoms with Crippen molar-refractivity contribution < 1.29 is 14.3 Å². The Labute approximate surface area is 209 Å². The molecule has 34 heavy (non-hydrogen) atoms. The molecule has 0 aliphatic carbocycles. The molecule has 8 heteroatoms. The van der Waals surface area contributed by atoms with Crippen molar-refractivity contribution >= 4 is 45.6 Å². The number of allylic oxidation sites excluding steroid dienone is 2. The number of aromatic nitrogens is 1. The van der Waals surface area contributed by atoms with Crippen LogP contribution in [0.2, 0.25) is 0 Å². The maximum absolute atomic E-state index is 11.4. The third kappa shape index (κ3) is 9.65. The molecule has 0 bridgehead atoms. The molecule has 0 radical (unpaired) electrons. The van der Waals surface area contributed by atoms with E-state index in [0.717, 1.165) is 53.3 Å². The molecule has 1 aliphatic heterocycles. The lowest BCUT2D eigenvalue weighted by Gasteiger charge is -2.15. The smallest absolute Gasteiger partial charge is 0.162 e. The Balaban J connectivity index is 0.000000755. The molecule has 1 saturated heterocycles. The predicted molar refractivity (Wildman–Crippen MR) is 148 cm³/mol. The largest absolute Gasteiger partial charge is 0.496 e. The molecule has 190 valence electrons. The first-order valence-electron chi connectivity index (χ1n) is 11.7. The van der Waals surface area contributed by atoms with Crippen LogP contribution >= 0.6 is 11.3 Å². The highest BCUT2D eigenvalue weighted by atomic mass is 32.1. The van der Waals surface area contributed by atoms with Crippen LogP contribution in [0.3, 0.4) is 0 Å². The number of nitrogens with zero attached hydrogens (tertiary/aromatic N) is 4. The van der Waals surface area contributed by atoms with Crippen LogP contribution < -0.4 is 4.90 Å². The maximum Gasteiger partial charge on any atom is 0.162 e. The normalized spacial score (nSPS) is 13.3. The molecule has 2 aromatic rings. The van der Waals surface area contributed by atoms with Crippen molar-refractivity contribution in [1.29, 1.82) is 0 Å². The number of fused-ring (bicyclic) bond motifs is 1. The summed E-state index contributed by atoms with van der Waals surface area (Å²) in [6, 6.07) is 1.93. The number of hydrogen-bond acceptors (Lipinski definition) is 7. The number of pyridine rings is 1. The van der Waals surface area contributed by atoms with Crippen molar-refractivity contribution in [3.8, 4) is 0 Å². The lowest BCUT2D eigenvalue weighted by molar-refractivity contribution is 0.112. The predicted octanol–water partition coefficient (Wildman–Crippen LogP) is 6.68. The molecule has 0 saturated carbocycles. The van der Waals surface area contributed by atoms with Crippen molar-refractivity contribution in [2.45, 2.75) is 48.0 Å². The average molecular weight is 491 g/mol. The van der Waals surface area contributed by atoms with E-state index in [-0.39, 0.29) is 0 Å². The monoisotopic (exact) mass is 490 g/mol. The lowest BCUT2D eigenvalue weighted by atomic mass is 10.2. The van der Waals surface area contributed by atoms with Gasteiger partial charge in [-0.1, -0.05) is 40.3 Å². The van der Waals surface area contributed by atoms with E-state index in [9.17, 15) is 4.79 Å². The Morgan fingerprint density at radius 2 is 1.88 bits per heavy atom. The van der Waals surface area contributed by atoms with Crippen molar-refractivity contribution in [3.05, 3.63) is 41.3 Å². The number of thiophene rings is 1. The Hall–Kier alpha value is -2.71. The molecule has 0 spiro atoms. The van der Waals surface area contributed by atoms with Crippen molar-refractivity contribution in [2.75, 3.05) is 45.9 Å². The fourth-order valence-electron chi connectivity index (χ4n) is 2.63. The summed E-state index contributed by atoms with van der Waals surface area (Å²) in [5.41, 5.74) is 2.77. The van der Waals surface area contributed by atoms with Crippen LogP contribution in [-0.4, -0.2) is 63.5 Å². The number of carbonyl (C=O) groups is 1. The number of aliphatic imine (C=N–C) groups is 1. The number of hydrogen-bond donors (Lipinski definition) is 0. The van der Waals surface area contributed by atoms with E-state index in [1.54, 1.807) is 12.5 Å². The average Bonchev–Trinajstić information content (AvgIpc) is 3.06. The third-order valence-corrected chi connectivity index (χ3v) is 5.51. The fourth-order valence-corrected chi connectivity index (χ4v) is 3.56. The standard InChI is InChI=1S/C16H20N4OS.C6H10O2.2C2H6/c1-6-11(2)20(5)10-18-15-13(9-21)22-16-14(15)12(19(3)4)7-8-17-16;1-6-5-7-3-2-4-8-6;2*1-2/h6-10H,1-5H3;1-5H2;2*1-2H3/b11-6+,18-10?;;;. The minimum absolute atomic E-state index is 0.569. The molecule has 0 amide bonds. The topological polar surface area (TPSA) is 67.3 Å². The molecule has 0 unspecified atom stereocenters. The Bertz CT molecular complexity index is 926. The summed E-state index contributed by atoms with van der Waals surface area (Å²) < 4.78 is 10.2. The van der Waals surface area contributed by atoms with Gasteiger partial charge in [0.15, 0.2) is 6.29 Å². The fraction of sp³-hybridized carbons (Fsp3) is 0.500. The van der Waals surface area contributed by atoms with Gasteiger partial charge in [0.25, 0.3) is 0 Å². The zero-order valence-corrected chi connectivity index (χ0v) is 23.2. The zero-order valence-electron chi connectivity index (χ0n) is 22.3. The van der Waals surface area contributed by atoms with Gasteiger partial charge in [-0.05, 0) is 19.9 Å². The van der Waals surface area contributed by atoms with Crippen LogP contribution in [0.15, 0.2) is 41.4 Å². The van der Waals surface area contributed by atoms with Crippen molar-refractivity contribution in [1.82, 2.24) is 9.88 Å². The van der Waals surface area contributed by atoms with E-state index in [1.165, 1.54) is 11.3 Å². The molecule has 2 aromatic heterocycles. The van der Waals surface area contributed by atoms with E-state index in [0.29, 0.717) is 17.2 Å². The summed E-state index contributed by atoms with van der Waals surface area (Å²) >= 11 is 1.37. The Kier molecular flexibility index (Phi) is 16.3. The van der Waals surface area contributed by atoms with E-state index in [2.05, 4.69) is 16.6 Å². The molecule has 0 N–H and O–H groups in total. The lowest BCUT2D eigenvalue weighted by Crippen LogP contribution is -2.12. The van der Waals surface area contributed by atoms with Gasteiger partial charge in [0.1, 0.15) is 17.2 Å². The van der Waals surface area contributed by atoms with E-state index < -0.39 is 0 Å². The van der Waals surface area contributed by atoms with Crippen LogP contribution in [-0.2, 0) is 9.47 Å². The minimum Gasteiger partial charge on any atom is -0.496 e. The first-order valence-corrected chi connectivity index (χ1v) is 12.5. The van der Waals surface area contributed by atoms with Gasteiger partial charge in [-0.2, -0.15) is 0 Å². The van der Waals surface area contributed by atoms with E-state index >= 15 is 0 Å². The van der Waals surface area contributed by atoms with Crippen molar-refractivity contribution in [2.24, 2.45) is 4.99 Å². The minimum atomic E-state index is 0.569. The first-order chi connectivity index (χ1) is 16.4. The van der Waals surface area contributed by atoms with Gasteiger partial charge in [-0.3, -0.25) is 4.79 Å². The van der Waals surface area contributed by atoms with Crippen LogP contribution in [0.25, 0.3) is 10.2 Å². The first kappa shape index (κ1) is 31.3. The van der Waals surface area contributed by atoms with Gasteiger partial charge in [-0.15, -0.1) is 11.3 Å². The molecular weight excluding hydrogens is 448 g/mol. The van der Waals surface area contributed by atoms with Crippen LogP contribution in [0.5, 0.6) is 0 Å². The zero-order chi connectivity index (χ0) is 26.1. The summed E-state index contributed by atoms with van der Waals surface area (Å²) in [4.78, 5) is 25.6. The molecular formula is C26H42N4O3S. The number of anilines is 1. The maximum atomic E-state index is 11.4. The van der Waals surface area contributed by atoms with Crippen LogP contribution in [0.4, 0.5) is 11.4 Å². The van der Waals surface area contributed by atoms with E-state index in [4.69, 9.17) is 9.47 Å². The molecule has 7 nitrogen and oxygen atoms in total. The highest BCUT2D eigenvalue weighted by Gasteiger charge is 2.16. The summed E-state index contributed by atoms with van der Waals surface area (Å²) in [5, 5.41) is 0.919. The second kappa shape index (κ2) is 17.7. The quantitative estimate of drug-likeness (QED) is 0.265. The second-order valence-electron chi connectivity index (χ2n) is 6.92. The van der Waals surface area contributed by atoms with Gasteiger partial charge in [0, 0.05) is 39.5 Å². The number of ether oxygens (including phenoxy) is 2. The van der Waals surface area contributed by atoms with Gasteiger partial charge in [0.05, 0.1) is 41.2 Å². The number of rotatable bonds is 5. The van der Waals surface area contributed by atoms with Gasteiger partial charge >= 0.3 is 0 Å². The summed E-state index contributed by atoms with van der Waals surface area (Å²) in [6.07, 6.45) is 7.33. The summed E-state index contributed by atoms with van der Waals surface area (Å²) in [7, 11) is 5.87. The van der Waals surface area contributed by atoms with E-state index in [1.807, 2.05) is 84.6 Å².